The fourth-order valence-corrected chi connectivity index (χ4v) is 1.18. The van der Waals surface area contributed by atoms with Crippen LogP contribution in [0.25, 0.3) is 11.1 Å². The molecule has 3 heteroatoms. The van der Waals surface area contributed by atoms with Crippen molar-refractivity contribution in [3.8, 4) is 11.1 Å². The van der Waals surface area contributed by atoms with E-state index in [1.807, 2.05) is 0 Å². The summed E-state index contributed by atoms with van der Waals surface area (Å²) in [7, 11) is 0. The van der Waals surface area contributed by atoms with Crippen molar-refractivity contribution in [2.75, 3.05) is 5.73 Å². The first-order chi connectivity index (χ1) is 6.27. The molecular formula is C10H8FNO. The average Bonchev–Trinajstić information content (AvgIpc) is 2.56. The van der Waals surface area contributed by atoms with Crippen LogP contribution >= 0.6 is 0 Å². The van der Waals surface area contributed by atoms with Crippen LogP contribution in [0.5, 0.6) is 0 Å². The quantitative estimate of drug-likeness (QED) is 0.680. The number of rotatable bonds is 1. The zero-order valence-electron chi connectivity index (χ0n) is 6.83. The lowest BCUT2D eigenvalue weighted by Gasteiger charge is -1.99. The molecule has 1 aromatic heterocycles. The largest absolute Gasteiger partial charge is 0.472 e. The number of furan rings is 1. The van der Waals surface area contributed by atoms with Gasteiger partial charge in [-0.25, -0.2) is 4.39 Å². The smallest absolute Gasteiger partial charge is 0.133 e. The van der Waals surface area contributed by atoms with Crippen LogP contribution in [0.3, 0.4) is 0 Å². The van der Waals surface area contributed by atoms with Crippen LogP contribution in [-0.2, 0) is 0 Å². The van der Waals surface area contributed by atoms with Crippen LogP contribution in [0.4, 0.5) is 10.1 Å². The lowest BCUT2D eigenvalue weighted by atomic mass is 10.1. The van der Waals surface area contributed by atoms with Crippen molar-refractivity contribution in [1.82, 2.24) is 0 Å². The molecular weight excluding hydrogens is 169 g/mol. The van der Waals surface area contributed by atoms with Crippen LogP contribution in [0.1, 0.15) is 0 Å². The van der Waals surface area contributed by atoms with Gasteiger partial charge in [-0.15, -0.1) is 0 Å². The van der Waals surface area contributed by atoms with Gasteiger partial charge in [-0.2, -0.15) is 0 Å². The molecule has 0 saturated carbocycles. The third-order valence-electron chi connectivity index (χ3n) is 1.83. The summed E-state index contributed by atoms with van der Waals surface area (Å²) in [5.74, 6) is -0.332. The summed E-state index contributed by atoms with van der Waals surface area (Å²) in [6, 6.07) is 6.29. The fraction of sp³-hybridized carbons (Fsp3) is 0. The Hall–Kier alpha value is -1.77. The molecule has 2 rings (SSSR count). The Balaban J connectivity index is 2.53. The molecule has 2 nitrogen and oxygen atoms in total. The van der Waals surface area contributed by atoms with Crippen LogP contribution in [0, 0.1) is 5.82 Å². The molecule has 0 fully saturated rings. The highest BCUT2D eigenvalue weighted by Crippen LogP contribution is 2.24. The normalized spacial score (nSPS) is 10.2. The summed E-state index contributed by atoms with van der Waals surface area (Å²) in [6.07, 6.45) is 3.00. The van der Waals surface area contributed by atoms with Gasteiger partial charge >= 0.3 is 0 Å². The lowest BCUT2D eigenvalue weighted by molar-refractivity contribution is 0.567. The molecule has 13 heavy (non-hydrogen) atoms. The van der Waals surface area contributed by atoms with E-state index in [4.69, 9.17) is 10.2 Å². The maximum atomic E-state index is 13.3. The van der Waals surface area contributed by atoms with E-state index in [0.717, 1.165) is 5.56 Å². The predicted octanol–water partition coefficient (Wildman–Crippen LogP) is 2.67. The number of hydrogen-bond donors (Lipinski definition) is 1. The van der Waals surface area contributed by atoms with Gasteiger partial charge in [0.1, 0.15) is 5.82 Å². The first kappa shape index (κ1) is 7.86. The SMILES string of the molecule is Nc1ccc(-c2ccoc2)c(F)c1. The topological polar surface area (TPSA) is 39.2 Å². The second-order valence-corrected chi connectivity index (χ2v) is 2.75. The summed E-state index contributed by atoms with van der Waals surface area (Å²) in [6.45, 7) is 0. The Morgan fingerprint density at radius 3 is 2.69 bits per heavy atom. The molecule has 1 heterocycles. The molecule has 0 saturated heterocycles. The van der Waals surface area contributed by atoms with Gasteiger partial charge in [0.15, 0.2) is 0 Å². The molecule has 2 N–H and O–H groups in total. The minimum Gasteiger partial charge on any atom is -0.472 e. The minimum absolute atomic E-state index is 0.332. The first-order valence-electron chi connectivity index (χ1n) is 3.85. The standard InChI is InChI=1S/C10H8FNO/c11-10-5-8(12)1-2-9(10)7-3-4-13-6-7/h1-6H,12H2. The molecule has 66 valence electrons. The Morgan fingerprint density at radius 2 is 2.08 bits per heavy atom. The molecule has 0 amide bonds. The van der Waals surface area contributed by atoms with Crippen LogP contribution in [0.15, 0.2) is 41.2 Å². The maximum absolute atomic E-state index is 13.3. The van der Waals surface area contributed by atoms with E-state index in [1.165, 1.54) is 18.6 Å². The first-order valence-corrected chi connectivity index (χ1v) is 3.85. The molecule has 0 spiro atoms. The van der Waals surface area contributed by atoms with E-state index in [1.54, 1.807) is 18.2 Å². The number of benzene rings is 1. The van der Waals surface area contributed by atoms with E-state index in [0.29, 0.717) is 11.3 Å². The molecule has 0 atom stereocenters. The van der Waals surface area contributed by atoms with Crippen molar-refractivity contribution in [2.45, 2.75) is 0 Å². The minimum atomic E-state index is -0.332. The third kappa shape index (κ3) is 1.40. The van der Waals surface area contributed by atoms with Crippen LogP contribution in [-0.4, -0.2) is 0 Å². The van der Waals surface area contributed by atoms with Gasteiger partial charge in [-0.05, 0) is 24.3 Å². The summed E-state index contributed by atoms with van der Waals surface area (Å²) in [5, 5.41) is 0. The van der Waals surface area contributed by atoms with Crippen molar-refractivity contribution < 1.29 is 8.81 Å². The van der Waals surface area contributed by atoms with Gasteiger partial charge in [0.25, 0.3) is 0 Å². The lowest BCUT2D eigenvalue weighted by Crippen LogP contribution is -1.88. The van der Waals surface area contributed by atoms with E-state index < -0.39 is 0 Å². The van der Waals surface area contributed by atoms with E-state index in [9.17, 15) is 4.39 Å². The number of hydrogen-bond acceptors (Lipinski definition) is 2. The number of halogens is 1. The molecule has 2 aromatic rings. The van der Waals surface area contributed by atoms with Gasteiger partial charge in [0, 0.05) is 16.8 Å². The van der Waals surface area contributed by atoms with Gasteiger partial charge in [-0.1, -0.05) is 0 Å². The third-order valence-corrected chi connectivity index (χ3v) is 1.83. The van der Waals surface area contributed by atoms with Gasteiger partial charge in [0.2, 0.25) is 0 Å². The fourth-order valence-electron chi connectivity index (χ4n) is 1.18. The van der Waals surface area contributed by atoms with Crippen molar-refractivity contribution in [1.29, 1.82) is 0 Å². The van der Waals surface area contributed by atoms with Gasteiger partial charge < -0.3 is 10.2 Å². The summed E-state index contributed by atoms with van der Waals surface area (Å²) >= 11 is 0. The van der Waals surface area contributed by atoms with E-state index >= 15 is 0 Å². The van der Waals surface area contributed by atoms with Crippen LogP contribution < -0.4 is 5.73 Å². The molecule has 0 aliphatic carbocycles. The second-order valence-electron chi connectivity index (χ2n) is 2.75. The number of nitrogens with two attached hydrogens (primary N) is 1. The summed E-state index contributed by atoms with van der Waals surface area (Å²) in [5.41, 5.74) is 7.06. The number of anilines is 1. The molecule has 0 aliphatic heterocycles. The maximum Gasteiger partial charge on any atom is 0.133 e. The highest BCUT2D eigenvalue weighted by molar-refractivity contribution is 5.65. The van der Waals surface area contributed by atoms with Crippen molar-refractivity contribution in [3.05, 3.63) is 42.6 Å². The monoisotopic (exact) mass is 177 g/mol. The highest BCUT2D eigenvalue weighted by Gasteiger charge is 2.05. The molecule has 0 bridgehead atoms. The summed E-state index contributed by atoms with van der Waals surface area (Å²) in [4.78, 5) is 0. The zero-order chi connectivity index (χ0) is 9.26. The molecule has 0 aliphatic rings. The number of nitrogen functional groups attached to an aromatic ring is 1. The molecule has 0 radical (unpaired) electrons. The van der Waals surface area contributed by atoms with Gasteiger partial charge in [0.05, 0.1) is 12.5 Å². The van der Waals surface area contributed by atoms with Gasteiger partial charge in [-0.3, -0.25) is 0 Å². The van der Waals surface area contributed by atoms with Crippen molar-refractivity contribution >= 4 is 5.69 Å². The summed E-state index contributed by atoms with van der Waals surface area (Å²) < 4.78 is 18.1. The highest BCUT2D eigenvalue weighted by atomic mass is 19.1. The Labute approximate surface area is 74.8 Å². The van der Waals surface area contributed by atoms with E-state index in [-0.39, 0.29) is 5.82 Å². The zero-order valence-corrected chi connectivity index (χ0v) is 6.83. The van der Waals surface area contributed by atoms with Crippen molar-refractivity contribution in [3.63, 3.8) is 0 Å². The molecule has 1 aromatic carbocycles. The average molecular weight is 177 g/mol. The molecule has 0 unspecified atom stereocenters. The predicted molar refractivity (Wildman–Crippen MR) is 48.5 cm³/mol. The second kappa shape index (κ2) is 2.94. The van der Waals surface area contributed by atoms with Crippen LogP contribution in [0.2, 0.25) is 0 Å². The van der Waals surface area contributed by atoms with Crippen molar-refractivity contribution in [2.24, 2.45) is 0 Å². The van der Waals surface area contributed by atoms with E-state index in [2.05, 4.69) is 0 Å². The Bertz CT molecular complexity index is 409. The Kier molecular flexibility index (Phi) is 1.77. The Morgan fingerprint density at radius 1 is 1.23 bits per heavy atom.